The number of carbonyl (C=O) groups excluding carboxylic acids is 2. The molecular weight excluding hydrogens is 839 g/mol. The van der Waals surface area contributed by atoms with E-state index in [4.69, 9.17) is 4.74 Å². The number of esters is 1. The summed E-state index contributed by atoms with van der Waals surface area (Å²) in [5, 5.41) is 23.1. The summed E-state index contributed by atoms with van der Waals surface area (Å²) in [6, 6.07) is -0.627. The SMILES string of the molecule is CCCCC/C=C\C/C=C\CCCCCCCC(=O)OCCCCCCCCCCCCCCCCCCCCCCCCCC(=O)NC(CO)C(O)/C=C/CCCCCCCCCCCCC. The van der Waals surface area contributed by atoms with E-state index in [9.17, 15) is 19.8 Å². The second kappa shape index (κ2) is 57.7. The second-order valence-corrected chi connectivity index (χ2v) is 20.7. The fourth-order valence-electron chi connectivity index (χ4n) is 9.25. The molecule has 0 radical (unpaired) electrons. The molecule has 0 heterocycles. The molecule has 400 valence electrons. The molecule has 2 unspecified atom stereocenters. The van der Waals surface area contributed by atoms with E-state index in [1.807, 2.05) is 6.08 Å². The molecule has 0 fully saturated rings. The Balaban J connectivity index is 3.39. The molecule has 2 atom stereocenters. The van der Waals surface area contributed by atoms with E-state index in [2.05, 4.69) is 43.5 Å². The zero-order valence-corrected chi connectivity index (χ0v) is 45.6. The zero-order chi connectivity index (χ0) is 49.3. The van der Waals surface area contributed by atoms with Crippen molar-refractivity contribution in [2.75, 3.05) is 13.2 Å². The highest BCUT2D eigenvalue weighted by Crippen LogP contribution is 2.17. The van der Waals surface area contributed by atoms with Crippen LogP contribution in [0.5, 0.6) is 0 Å². The summed E-state index contributed by atoms with van der Waals surface area (Å²) < 4.78 is 5.48. The van der Waals surface area contributed by atoms with Gasteiger partial charge in [-0.15, -0.1) is 0 Å². The van der Waals surface area contributed by atoms with Crippen LogP contribution in [0.15, 0.2) is 36.5 Å². The molecule has 0 aromatic heterocycles. The molecule has 0 bridgehead atoms. The maximum Gasteiger partial charge on any atom is 0.305 e. The topological polar surface area (TPSA) is 95.9 Å². The van der Waals surface area contributed by atoms with E-state index in [0.29, 0.717) is 19.4 Å². The van der Waals surface area contributed by atoms with Gasteiger partial charge >= 0.3 is 5.97 Å². The fourth-order valence-corrected chi connectivity index (χ4v) is 9.25. The number of amides is 1. The van der Waals surface area contributed by atoms with Crippen LogP contribution in [-0.2, 0) is 14.3 Å². The number of hydrogen-bond acceptors (Lipinski definition) is 5. The molecule has 0 saturated carbocycles. The Labute approximate surface area is 424 Å². The fraction of sp³-hybridized carbons (Fsp3) is 0.871. The van der Waals surface area contributed by atoms with Crippen molar-refractivity contribution in [1.82, 2.24) is 5.32 Å². The van der Waals surface area contributed by atoms with E-state index in [-0.39, 0.29) is 18.5 Å². The average molecular weight is 957 g/mol. The van der Waals surface area contributed by atoms with Crippen molar-refractivity contribution in [2.24, 2.45) is 0 Å². The minimum absolute atomic E-state index is 0.000285. The van der Waals surface area contributed by atoms with Gasteiger partial charge in [0.2, 0.25) is 5.91 Å². The summed E-state index contributed by atoms with van der Waals surface area (Å²) in [4.78, 5) is 24.5. The Morgan fingerprint density at radius 3 is 1.15 bits per heavy atom. The van der Waals surface area contributed by atoms with Crippen LogP contribution in [0.2, 0.25) is 0 Å². The van der Waals surface area contributed by atoms with E-state index < -0.39 is 12.1 Å². The molecule has 6 heteroatoms. The molecule has 0 rings (SSSR count). The van der Waals surface area contributed by atoms with Crippen molar-refractivity contribution in [3.05, 3.63) is 36.5 Å². The zero-order valence-electron chi connectivity index (χ0n) is 45.6. The van der Waals surface area contributed by atoms with E-state index >= 15 is 0 Å². The van der Waals surface area contributed by atoms with E-state index in [0.717, 1.165) is 51.4 Å². The Morgan fingerprint density at radius 1 is 0.412 bits per heavy atom. The standard InChI is InChI=1S/C62H117NO5/c1-3-5-7-9-11-13-15-17-27-32-36-40-44-48-52-56-62(67)68-57-53-49-45-41-37-33-29-26-24-22-20-18-19-21-23-25-28-31-35-39-43-47-51-55-61(66)63-59(58-64)60(65)54-50-46-42-38-34-30-16-14-12-10-8-6-4-2/h11,13,17,27,50,54,59-60,64-65H,3-10,12,14-16,18-26,28-49,51-53,55-58H2,1-2H3,(H,63,66)/b13-11-,27-17-,54-50+. The highest BCUT2D eigenvalue weighted by atomic mass is 16.5. The van der Waals surface area contributed by atoms with E-state index in [1.165, 1.54) is 244 Å². The molecule has 0 spiro atoms. The first-order valence-corrected chi connectivity index (χ1v) is 30.3. The Kier molecular flexibility index (Phi) is 56.0. The summed E-state index contributed by atoms with van der Waals surface area (Å²) in [5.41, 5.74) is 0. The van der Waals surface area contributed by atoms with Gasteiger partial charge in [0.15, 0.2) is 0 Å². The van der Waals surface area contributed by atoms with Crippen LogP contribution in [0.1, 0.15) is 322 Å². The third kappa shape index (κ3) is 53.4. The first-order chi connectivity index (χ1) is 33.5. The number of allylic oxidation sites excluding steroid dienone is 5. The van der Waals surface area contributed by atoms with Gasteiger partial charge < -0.3 is 20.3 Å². The Bertz CT molecular complexity index is 1100. The minimum Gasteiger partial charge on any atom is -0.466 e. The van der Waals surface area contributed by atoms with Crippen molar-refractivity contribution in [3.63, 3.8) is 0 Å². The second-order valence-electron chi connectivity index (χ2n) is 20.7. The van der Waals surface area contributed by atoms with Crippen LogP contribution in [-0.4, -0.2) is 47.4 Å². The summed E-state index contributed by atoms with van der Waals surface area (Å²) in [6.45, 7) is 4.87. The summed E-state index contributed by atoms with van der Waals surface area (Å²) in [7, 11) is 0. The van der Waals surface area contributed by atoms with Gasteiger partial charge in [0, 0.05) is 12.8 Å². The lowest BCUT2D eigenvalue weighted by Crippen LogP contribution is -2.45. The van der Waals surface area contributed by atoms with Crippen LogP contribution >= 0.6 is 0 Å². The van der Waals surface area contributed by atoms with Crippen LogP contribution < -0.4 is 5.32 Å². The number of aliphatic hydroxyl groups is 2. The number of rotatable bonds is 56. The molecule has 0 aliphatic rings. The van der Waals surface area contributed by atoms with Crippen LogP contribution in [0.4, 0.5) is 0 Å². The average Bonchev–Trinajstić information content (AvgIpc) is 3.34. The van der Waals surface area contributed by atoms with Gasteiger partial charge in [-0.1, -0.05) is 281 Å². The molecular formula is C62H117NO5. The number of aliphatic hydroxyl groups excluding tert-OH is 2. The van der Waals surface area contributed by atoms with Gasteiger partial charge in [-0.3, -0.25) is 9.59 Å². The van der Waals surface area contributed by atoms with Crippen molar-refractivity contribution < 1.29 is 24.5 Å². The Hall–Kier alpha value is -1.92. The number of carbonyl (C=O) groups is 2. The molecule has 68 heavy (non-hydrogen) atoms. The van der Waals surface area contributed by atoms with Gasteiger partial charge in [0.05, 0.1) is 25.4 Å². The van der Waals surface area contributed by atoms with Crippen molar-refractivity contribution in [1.29, 1.82) is 0 Å². The summed E-state index contributed by atoms with van der Waals surface area (Å²) >= 11 is 0. The van der Waals surface area contributed by atoms with Crippen molar-refractivity contribution >= 4 is 11.9 Å². The molecule has 0 aliphatic heterocycles. The van der Waals surface area contributed by atoms with Gasteiger partial charge in [0.25, 0.3) is 0 Å². The molecule has 0 aromatic carbocycles. The minimum atomic E-state index is -0.843. The molecule has 0 aromatic rings. The monoisotopic (exact) mass is 956 g/mol. The van der Waals surface area contributed by atoms with Crippen molar-refractivity contribution in [3.8, 4) is 0 Å². The van der Waals surface area contributed by atoms with Gasteiger partial charge in [-0.25, -0.2) is 0 Å². The summed E-state index contributed by atoms with van der Waals surface area (Å²) in [6.07, 6.45) is 71.8. The number of ether oxygens (including phenoxy) is 1. The predicted octanol–water partition coefficient (Wildman–Crippen LogP) is 18.8. The Morgan fingerprint density at radius 2 is 0.735 bits per heavy atom. The number of unbranched alkanes of at least 4 members (excludes halogenated alkanes) is 41. The molecule has 3 N–H and O–H groups in total. The maximum atomic E-state index is 12.4. The quantitative estimate of drug-likeness (QED) is 0.0321. The largest absolute Gasteiger partial charge is 0.466 e. The smallest absolute Gasteiger partial charge is 0.305 e. The highest BCUT2D eigenvalue weighted by Gasteiger charge is 2.18. The number of nitrogens with one attached hydrogen (secondary N) is 1. The molecule has 1 amide bonds. The van der Waals surface area contributed by atoms with Gasteiger partial charge in [-0.05, 0) is 64.2 Å². The van der Waals surface area contributed by atoms with Crippen molar-refractivity contribution in [2.45, 2.75) is 334 Å². The lowest BCUT2D eigenvalue weighted by Gasteiger charge is -2.20. The molecule has 6 nitrogen and oxygen atoms in total. The third-order valence-electron chi connectivity index (χ3n) is 13.9. The van der Waals surface area contributed by atoms with Gasteiger partial charge in [-0.2, -0.15) is 0 Å². The van der Waals surface area contributed by atoms with Gasteiger partial charge in [0.1, 0.15) is 0 Å². The lowest BCUT2D eigenvalue weighted by molar-refractivity contribution is -0.143. The normalized spacial score (nSPS) is 12.8. The molecule has 0 aliphatic carbocycles. The lowest BCUT2D eigenvalue weighted by atomic mass is 10.0. The first-order valence-electron chi connectivity index (χ1n) is 30.3. The maximum absolute atomic E-state index is 12.4. The van der Waals surface area contributed by atoms with E-state index in [1.54, 1.807) is 6.08 Å². The highest BCUT2D eigenvalue weighted by molar-refractivity contribution is 5.76. The third-order valence-corrected chi connectivity index (χ3v) is 13.9. The predicted molar refractivity (Wildman–Crippen MR) is 296 cm³/mol. The van der Waals surface area contributed by atoms with Crippen LogP contribution in [0.25, 0.3) is 0 Å². The van der Waals surface area contributed by atoms with Crippen LogP contribution in [0, 0.1) is 0 Å². The van der Waals surface area contributed by atoms with Crippen LogP contribution in [0.3, 0.4) is 0 Å². The summed E-state index contributed by atoms with van der Waals surface area (Å²) in [5.74, 6) is -0.0677. The number of hydrogen-bond donors (Lipinski definition) is 3. The first kappa shape index (κ1) is 66.1. The molecule has 0 saturated heterocycles.